The minimum absolute atomic E-state index is 0.103. The molecular weight excluding hydrogens is 244 g/mol. The Morgan fingerprint density at radius 3 is 3.16 bits per heavy atom. The zero-order chi connectivity index (χ0) is 13.7. The molecule has 19 heavy (non-hydrogen) atoms. The summed E-state index contributed by atoms with van der Waals surface area (Å²) in [4.78, 5) is 29.6. The van der Waals surface area contributed by atoms with E-state index in [0.717, 1.165) is 13.0 Å². The minimum atomic E-state index is -0.197. The Balaban J connectivity index is 2.13. The van der Waals surface area contributed by atoms with Crippen LogP contribution in [-0.2, 0) is 4.79 Å². The van der Waals surface area contributed by atoms with E-state index in [1.165, 1.54) is 0 Å². The lowest BCUT2D eigenvalue weighted by Crippen LogP contribution is -2.37. The Bertz CT molecular complexity index is 475. The fourth-order valence-electron chi connectivity index (χ4n) is 1.97. The van der Waals surface area contributed by atoms with Crippen LogP contribution in [0.4, 0.5) is 5.82 Å². The van der Waals surface area contributed by atoms with Crippen molar-refractivity contribution in [2.75, 3.05) is 31.5 Å². The molecule has 0 radical (unpaired) electrons. The Labute approximate surface area is 112 Å². The molecule has 0 atom stereocenters. The predicted molar refractivity (Wildman–Crippen MR) is 71.9 cm³/mol. The van der Waals surface area contributed by atoms with Gasteiger partial charge in [0.05, 0.1) is 6.54 Å². The van der Waals surface area contributed by atoms with E-state index in [4.69, 9.17) is 0 Å². The van der Waals surface area contributed by atoms with Gasteiger partial charge in [0.1, 0.15) is 11.5 Å². The molecule has 0 saturated carbocycles. The average molecular weight is 262 g/mol. The van der Waals surface area contributed by atoms with Crippen LogP contribution in [0.25, 0.3) is 0 Å². The van der Waals surface area contributed by atoms with E-state index in [2.05, 4.69) is 15.6 Å². The quantitative estimate of drug-likeness (QED) is 0.830. The molecule has 1 aromatic heterocycles. The summed E-state index contributed by atoms with van der Waals surface area (Å²) in [5.74, 6) is 0.359. The molecule has 1 aromatic rings. The number of pyridine rings is 1. The maximum atomic E-state index is 12.3. The molecule has 6 heteroatoms. The third-order valence-electron chi connectivity index (χ3n) is 2.87. The summed E-state index contributed by atoms with van der Waals surface area (Å²) in [6.07, 6.45) is 0.768. The normalized spacial score (nSPS) is 15.6. The lowest BCUT2D eigenvalue weighted by atomic mass is 10.3. The average Bonchev–Trinajstić information content (AvgIpc) is 2.63. The summed E-state index contributed by atoms with van der Waals surface area (Å²) in [7, 11) is 0. The van der Waals surface area contributed by atoms with Crippen molar-refractivity contribution in [1.82, 2.24) is 15.2 Å². The summed E-state index contributed by atoms with van der Waals surface area (Å²) in [6, 6.07) is 5.28. The van der Waals surface area contributed by atoms with E-state index >= 15 is 0 Å². The second-order valence-corrected chi connectivity index (χ2v) is 4.37. The van der Waals surface area contributed by atoms with Gasteiger partial charge in [0, 0.05) is 19.6 Å². The molecule has 102 valence electrons. The molecular formula is C13H18N4O2. The third kappa shape index (κ3) is 3.43. The molecule has 1 fully saturated rings. The highest BCUT2D eigenvalue weighted by Crippen LogP contribution is 2.09. The lowest BCUT2D eigenvalue weighted by molar-refractivity contribution is -0.121. The number of nitrogens with zero attached hydrogens (tertiary/aromatic N) is 2. The molecule has 6 nitrogen and oxygen atoms in total. The Hall–Kier alpha value is -2.11. The molecule has 1 aliphatic heterocycles. The topological polar surface area (TPSA) is 74.3 Å². The van der Waals surface area contributed by atoms with Crippen LogP contribution in [0.15, 0.2) is 18.2 Å². The van der Waals surface area contributed by atoms with Gasteiger partial charge in [-0.25, -0.2) is 4.98 Å². The molecule has 2 N–H and O–H groups in total. The largest absolute Gasteiger partial charge is 0.370 e. The summed E-state index contributed by atoms with van der Waals surface area (Å²) in [6.45, 7) is 4.01. The molecule has 0 unspecified atom stereocenters. The molecule has 0 aliphatic carbocycles. The van der Waals surface area contributed by atoms with Gasteiger partial charge in [-0.3, -0.25) is 9.59 Å². The van der Waals surface area contributed by atoms with E-state index < -0.39 is 0 Å². The van der Waals surface area contributed by atoms with Crippen LogP contribution < -0.4 is 10.6 Å². The number of rotatable bonds is 3. The van der Waals surface area contributed by atoms with E-state index in [1.54, 1.807) is 17.0 Å². The highest BCUT2D eigenvalue weighted by Gasteiger charge is 2.21. The van der Waals surface area contributed by atoms with Gasteiger partial charge in [-0.2, -0.15) is 0 Å². The van der Waals surface area contributed by atoms with Gasteiger partial charge in [-0.05, 0) is 25.5 Å². The van der Waals surface area contributed by atoms with Crippen molar-refractivity contribution in [3.63, 3.8) is 0 Å². The smallest absolute Gasteiger partial charge is 0.273 e. The fourth-order valence-corrected chi connectivity index (χ4v) is 1.97. The first-order chi connectivity index (χ1) is 9.20. The molecule has 2 heterocycles. The standard InChI is InChI=1S/C13H18N4O2/c1-2-14-11-6-3-5-10(16-11)13(19)17-8-4-7-15-12(18)9-17/h3,5-6H,2,4,7-9H2,1H3,(H,14,16)(H,15,18). The number of hydrogen-bond acceptors (Lipinski definition) is 4. The zero-order valence-electron chi connectivity index (χ0n) is 11.0. The first-order valence-corrected chi connectivity index (χ1v) is 6.47. The molecule has 0 aromatic carbocycles. The van der Waals surface area contributed by atoms with Crippen LogP contribution in [0.2, 0.25) is 0 Å². The SMILES string of the molecule is CCNc1cccc(C(=O)N2CCCNC(=O)C2)n1. The number of anilines is 1. The predicted octanol–water partition coefficient (Wildman–Crippen LogP) is 0.475. The Morgan fingerprint density at radius 2 is 2.37 bits per heavy atom. The van der Waals surface area contributed by atoms with Crippen LogP contribution >= 0.6 is 0 Å². The first kappa shape index (κ1) is 13.3. The first-order valence-electron chi connectivity index (χ1n) is 6.47. The van der Waals surface area contributed by atoms with Gasteiger partial charge in [0.15, 0.2) is 0 Å². The van der Waals surface area contributed by atoms with Gasteiger partial charge in [-0.1, -0.05) is 6.07 Å². The molecule has 0 spiro atoms. The monoisotopic (exact) mass is 262 g/mol. The van der Waals surface area contributed by atoms with E-state index in [-0.39, 0.29) is 18.4 Å². The number of aromatic nitrogens is 1. The molecule has 0 bridgehead atoms. The summed E-state index contributed by atoms with van der Waals surface area (Å²) < 4.78 is 0. The van der Waals surface area contributed by atoms with Gasteiger partial charge in [0.25, 0.3) is 5.91 Å². The Morgan fingerprint density at radius 1 is 1.53 bits per heavy atom. The zero-order valence-corrected chi connectivity index (χ0v) is 11.0. The highest BCUT2D eigenvalue weighted by molar-refractivity contribution is 5.95. The molecule has 1 aliphatic rings. The maximum absolute atomic E-state index is 12.3. The Kier molecular flexibility index (Phi) is 4.33. The minimum Gasteiger partial charge on any atom is -0.370 e. The maximum Gasteiger partial charge on any atom is 0.273 e. The third-order valence-corrected chi connectivity index (χ3v) is 2.87. The lowest BCUT2D eigenvalue weighted by Gasteiger charge is -2.18. The van der Waals surface area contributed by atoms with Crippen molar-refractivity contribution in [2.45, 2.75) is 13.3 Å². The summed E-state index contributed by atoms with van der Waals surface area (Å²) in [5.41, 5.74) is 0.369. The van der Waals surface area contributed by atoms with Crippen molar-refractivity contribution in [1.29, 1.82) is 0 Å². The van der Waals surface area contributed by atoms with Gasteiger partial charge in [0.2, 0.25) is 5.91 Å². The second-order valence-electron chi connectivity index (χ2n) is 4.37. The van der Waals surface area contributed by atoms with Crippen molar-refractivity contribution >= 4 is 17.6 Å². The van der Waals surface area contributed by atoms with Crippen molar-refractivity contribution in [3.05, 3.63) is 23.9 Å². The van der Waals surface area contributed by atoms with Gasteiger partial charge >= 0.3 is 0 Å². The molecule has 1 saturated heterocycles. The number of carbonyl (C=O) groups is 2. The molecule has 2 rings (SSSR count). The second kappa shape index (κ2) is 6.17. The number of carbonyl (C=O) groups excluding carboxylic acids is 2. The van der Waals surface area contributed by atoms with E-state index in [9.17, 15) is 9.59 Å². The van der Waals surface area contributed by atoms with Crippen LogP contribution in [0.5, 0.6) is 0 Å². The summed E-state index contributed by atoms with van der Waals surface area (Å²) in [5, 5.41) is 5.81. The van der Waals surface area contributed by atoms with Crippen LogP contribution in [0.3, 0.4) is 0 Å². The van der Waals surface area contributed by atoms with Crippen LogP contribution in [0, 0.1) is 0 Å². The fraction of sp³-hybridized carbons (Fsp3) is 0.462. The van der Waals surface area contributed by atoms with E-state index in [0.29, 0.717) is 24.6 Å². The van der Waals surface area contributed by atoms with Crippen molar-refractivity contribution < 1.29 is 9.59 Å². The van der Waals surface area contributed by atoms with Crippen LogP contribution in [-0.4, -0.2) is 47.9 Å². The van der Waals surface area contributed by atoms with Crippen LogP contribution in [0.1, 0.15) is 23.8 Å². The van der Waals surface area contributed by atoms with Gasteiger partial charge in [-0.15, -0.1) is 0 Å². The number of hydrogen-bond donors (Lipinski definition) is 2. The summed E-state index contributed by atoms with van der Waals surface area (Å²) >= 11 is 0. The van der Waals surface area contributed by atoms with Gasteiger partial charge < -0.3 is 15.5 Å². The highest BCUT2D eigenvalue weighted by atomic mass is 16.2. The molecule has 2 amide bonds. The van der Waals surface area contributed by atoms with Crippen molar-refractivity contribution in [3.8, 4) is 0 Å². The van der Waals surface area contributed by atoms with E-state index in [1.807, 2.05) is 13.0 Å². The number of amides is 2. The van der Waals surface area contributed by atoms with Crippen molar-refractivity contribution in [2.24, 2.45) is 0 Å². The number of nitrogens with one attached hydrogen (secondary N) is 2.